The Morgan fingerprint density at radius 3 is 2.68 bits per heavy atom. The minimum atomic E-state index is -0.502. The largest absolute Gasteiger partial charge is 0.392 e. The summed E-state index contributed by atoms with van der Waals surface area (Å²) in [4.78, 5) is 23.2. The molecule has 2 aliphatic heterocycles. The molecule has 0 saturated carbocycles. The van der Waals surface area contributed by atoms with Gasteiger partial charge in [-0.2, -0.15) is 0 Å². The Kier molecular flexibility index (Phi) is 4.59. The van der Waals surface area contributed by atoms with Crippen LogP contribution in [0.2, 0.25) is 0 Å². The molecule has 0 aliphatic carbocycles. The number of aliphatic hydroxyl groups is 1. The molecule has 0 bridgehead atoms. The first kappa shape index (κ1) is 15.2. The Balaban J connectivity index is 1.58. The number of rotatable bonds is 2. The van der Waals surface area contributed by atoms with Gasteiger partial charge in [-0.3, -0.25) is 4.79 Å². The Morgan fingerprint density at radius 2 is 2.00 bits per heavy atom. The average molecular weight is 304 g/mol. The van der Waals surface area contributed by atoms with Gasteiger partial charge >= 0.3 is 0 Å². The molecule has 1 amide bonds. The number of piperazine rings is 1. The van der Waals surface area contributed by atoms with E-state index < -0.39 is 6.10 Å². The van der Waals surface area contributed by atoms with Crippen molar-refractivity contribution in [2.75, 3.05) is 51.2 Å². The topological polar surface area (TPSA) is 59.9 Å². The summed E-state index contributed by atoms with van der Waals surface area (Å²) in [6.45, 7) is 4.49. The number of aliphatic hydroxyl groups excluding tert-OH is 1. The van der Waals surface area contributed by atoms with Crippen molar-refractivity contribution in [1.82, 2.24) is 14.8 Å². The van der Waals surface area contributed by atoms with Gasteiger partial charge < -0.3 is 19.8 Å². The van der Waals surface area contributed by atoms with Gasteiger partial charge in [0.2, 0.25) is 5.91 Å². The highest BCUT2D eigenvalue weighted by Crippen LogP contribution is 2.20. The molecule has 2 fully saturated rings. The summed E-state index contributed by atoms with van der Waals surface area (Å²) in [6.07, 6.45) is 1.97. The maximum atomic E-state index is 12.7. The Morgan fingerprint density at radius 1 is 1.23 bits per heavy atom. The molecule has 3 heterocycles. The highest BCUT2D eigenvalue weighted by Gasteiger charge is 2.35. The van der Waals surface area contributed by atoms with Crippen LogP contribution in [0.25, 0.3) is 0 Å². The van der Waals surface area contributed by atoms with Crippen LogP contribution in [-0.4, -0.2) is 78.2 Å². The van der Waals surface area contributed by atoms with Gasteiger partial charge in [0.1, 0.15) is 5.82 Å². The molecule has 3 rings (SSSR count). The second-order valence-corrected chi connectivity index (χ2v) is 6.23. The third-order valence-electron chi connectivity index (χ3n) is 4.66. The van der Waals surface area contributed by atoms with Crippen LogP contribution < -0.4 is 4.90 Å². The highest BCUT2D eigenvalue weighted by atomic mass is 16.3. The summed E-state index contributed by atoms with van der Waals surface area (Å²) in [7, 11) is 2.01. The molecular formula is C16H24N4O2. The molecule has 0 aromatic carbocycles. The second kappa shape index (κ2) is 6.62. The van der Waals surface area contributed by atoms with Crippen LogP contribution in [0.5, 0.6) is 0 Å². The SMILES string of the molecule is CN1CC[C@@H](O)[C@H](C(=O)N2CCN(c3ccccn3)CC2)C1. The van der Waals surface area contributed by atoms with Gasteiger partial charge in [0.15, 0.2) is 0 Å². The molecule has 6 nitrogen and oxygen atoms in total. The van der Waals surface area contributed by atoms with Crippen molar-refractivity contribution in [3.8, 4) is 0 Å². The predicted molar refractivity (Wildman–Crippen MR) is 84.6 cm³/mol. The number of nitrogens with zero attached hydrogens (tertiary/aromatic N) is 4. The smallest absolute Gasteiger partial charge is 0.229 e. The van der Waals surface area contributed by atoms with Gasteiger partial charge in [-0.05, 0) is 25.6 Å². The highest BCUT2D eigenvalue weighted by molar-refractivity contribution is 5.80. The van der Waals surface area contributed by atoms with E-state index in [0.29, 0.717) is 26.1 Å². The lowest BCUT2D eigenvalue weighted by Gasteiger charge is -2.40. The fourth-order valence-electron chi connectivity index (χ4n) is 3.28. The fourth-order valence-corrected chi connectivity index (χ4v) is 3.28. The summed E-state index contributed by atoms with van der Waals surface area (Å²) in [5, 5.41) is 10.1. The van der Waals surface area contributed by atoms with Crippen molar-refractivity contribution in [3.05, 3.63) is 24.4 Å². The van der Waals surface area contributed by atoms with Crippen LogP contribution >= 0.6 is 0 Å². The summed E-state index contributed by atoms with van der Waals surface area (Å²) >= 11 is 0. The van der Waals surface area contributed by atoms with Gasteiger partial charge in [0.25, 0.3) is 0 Å². The minimum Gasteiger partial charge on any atom is -0.392 e. The number of piperidine rings is 1. The number of carbonyl (C=O) groups is 1. The first-order valence-corrected chi connectivity index (χ1v) is 7.96. The zero-order valence-corrected chi connectivity index (χ0v) is 13.1. The molecule has 0 radical (unpaired) electrons. The van der Waals surface area contributed by atoms with Crippen LogP contribution in [0.3, 0.4) is 0 Å². The lowest BCUT2D eigenvalue weighted by Crippen LogP contribution is -2.55. The van der Waals surface area contributed by atoms with Crippen LogP contribution in [0, 0.1) is 5.92 Å². The number of carbonyl (C=O) groups excluding carboxylic acids is 1. The zero-order valence-electron chi connectivity index (χ0n) is 13.1. The van der Waals surface area contributed by atoms with Gasteiger partial charge in [-0.15, -0.1) is 0 Å². The number of anilines is 1. The number of amides is 1. The molecule has 22 heavy (non-hydrogen) atoms. The Hall–Kier alpha value is -1.66. The summed E-state index contributed by atoms with van der Waals surface area (Å²) in [6, 6.07) is 5.88. The van der Waals surface area contributed by atoms with E-state index in [1.165, 1.54) is 0 Å². The van der Waals surface area contributed by atoms with E-state index in [-0.39, 0.29) is 11.8 Å². The lowest BCUT2D eigenvalue weighted by molar-refractivity contribution is -0.142. The Bertz CT molecular complexity index is 502. The van der Waals surface area contributed by atoms with Crippen molar-refractivity contribution in [2.24, 2.45) is 5.92 Å². The van der Waals surface area contributed by atoms with Crippen LogP contribution in [0.15, 0.2) is 24.4 Å². The van der Waals surface area contributed by atoms with Crippen molar-refractivity contribution in [3.63, 3.8) is 0 Å². The van der Waals surface area contributed by atoms with Crippen molar-refractivity contribution in [2.45, 2.75) is 12.5 Å². The molecule has 0 spiro atoms. The molecule has 0 unspecified atom stereocenters. The van der Waals surface area contributed by atoms with E-state index in [0.717, 1.165) is 25.5 Å². The standard InChI is InChI=1S/C16H24N4O2/c1-18-7-5-14(21)13(12-18)16(22)20-10-8-19(9-11-20)15-4-2-3-6-17-15/h2-4,6,13-14,21H,5,7-12H2,1H3/t13-,14-/m1/s1. The monoisotopic (exact) mass is 304 g/mol. The van der Waals surface area contributed by atoms with Gasteiger partial charge in [-0.1, -0.05) is 6.07 Å². The molecule has 6 heteroatoms. The van der Waals surface area contributed by atoms with Crippen molar-refractivity contribution in [1.29, 1.82) is 0 Å². The van der Waals surface area contributed by atoms with Crippen LogP contribution in [0.1, 0.15) is 6.42 Å². The second-order valence-electron chi connectivity index (χ2n) is 6.23. The average Bonchev–Trinajstić information content (AvgIpc) is 2.57. The van der Waals surface area contributed by atoms with Gasteiger partial charge in [-0.25, -0.2) is 4.98 Å². The van der Waals surface area contributed by atoms with Gasteiger partial charge in [0.05, 0.1) is 12.0 Å². The molecule has 1 N–H and O–H groups in total. The quantitative estimate of drug-likeness (QED) is 0.836. The normalized spacial score (nSPS) is 27.0. The zero-order chi connectivity index (χ0) is 15.5. The van der Waals surface area contributed by atoms with Gasteiger partial charge in [0, 0.05) is 45.5 Å². The first-order valence-electron chi connectivity index (χ1n) is 7.96. The third kappa shape index (κ3) is 3.23. The maximum Gasteiger partial charge on any atom is 0.229 e. The number of aromatic nitrogens is 1. The summed E-state index contributed by atoms with van der Waals surface area (Å²) in [5.74, 6) is 0.784. The van der Waals surface area contributed by atoms with E-state index in [1.54, 1.807) is 6.20 Å². The lowest BCUT2D eigenvalue weighted by atomic mass is 9.93. The van der Waals surface area contributed by atoms with Crippen LogP contribution in [-0.2, 0) is 4.79 Å². The van der Waals surface area contributed by atoms with Crippen LogP contribution in [0.4, 0.5) is 5.82 Å². The molecule has 120 valence electrons. The maximum absolute atomic E-state index is 12.7. The van der Waals surface area contributed by atoms with E-state index in [1.807, 2.05) is 30.1 Å². The molecule has 2 atom stereocenters. The van der Waals surface area contributed by atoms with E-state index in [9.17, 15) is 9.90 Å². The molecular weight excluding hydrogens is 280 g/mol. The Labute approximate surface area is 131 Å². The van der Waals surface area contributed by atoms with E-state index in [2.05, 4.69) is 14.8 Å². The third-order valence-corrected chi connectivity index (χ3v) is 4.66. The predicted octanol–water partition coefficient (Wildman–Crippen LogP) is 0.0428. The fraction of sp³-hybridized carbons (Fsp3) is 0.625. The number of hydrogen-bond acceptors (Lipinski definition) is 5. The van der Waals surface area contributed by atoms with E-state index >= 15 is 0 Å². The molecule has 1 aromatic rings. The van der Waals surface area contributed by atoms with Crippen molar-refractivity contribution >= 4 is 11.7 Å². The van der Waals surface area contributed by atoms with Crippen molar-refractivity contribution < 1.29 is 9.90 Å². The molecule has 2 saturated heterocycles. The van der Waals surface area contributed by atoms with E-state index in [4.69, 9.17) is 0 Å². The number of likely N-dealkylation sites (tertiary alicyclic amines) is 1. The summed E-state index contributed by atoms with van der Waals surface area (Å²) < 4.78 is 0. The first-order chi connectivity index (χ1) is 10.6. The number of hydrogen-bond donors (Lipinski definition) is 1. The minimum absolute atomic E-state index is 0.0970. The summed E-state index contributed by atoms with van der Waals surface area (Å²) in [5.41, 5.74) is 0. The number of pyridine rings is 1. The molecule has 2 aliphatic rings. The molecule has 1 aromatic heterocycles.